The maximum Gasteiger partial charge on any atom is 0.273 e. The number of rotatable bonds is 11. The van der Waals surface area contributed by atoms with Crippen LogP contribution in [0.1, 0.15) is 39.1 Å². The van der Waals surface area contributed by atoms with Gasteiger partial charge in [0.1, 0.15) is 0 Å². The molecule has 3 rings (SSSR count). The summed E-state index contributed by atoms with van der Waals surface area (Å²) in [4.78, 5) is 27.3. The highest BCUT2D eigenvalue weighted by molar-refractivity contribution is 5.96. The predicted molar refractivity (Wildman–Crippen MR) is 125 cm³/mol. The second-order valence-electron chi connectivity index (χ2n) is 7.41. The minimum Gasteiger partial charge on any atom is -0.493 e. The van der Waals surface area contributed by atoms with Gasteiger partial charge in [-0.2, -0.15) is 0 Å². The number of methoxy groups -OCH3 is 3. The number of hydrogen-bond acceptors (Lipinski definition) is 7. The van der Waals surface area contributed by atoms with Gasteiger partial charge in [-0.25, -0.2) is 0 Å². The van der Waals surface area contributed by atoms with Crippen molar-refractivity contribution >= 4 is 11.8 Å². The summed E-state index contributed by atoms with van der Waals surface area (Å²) in [7, 11) is 4.50. The van der Waals surface area contributed by atoms with Gasteiger partial charge in [-0.15, -0.1) is 0 Å². The van der Waals surface area contributed by atoms with Crippen molar-refractivity contribution in [3.63, 3.8) is 0 Å². The molecule has 0 bridgehead atoms. The third-order valence-corrected chi connectivity index (χ3v) is 5.19. The first kappa shape index (κ1) is 24.6. The molecule has 0 saturated heterocycles. The van der Waals surface area contributed by atoms with Crippen molar-refractivity contribution in [3.05, 3.63) is 71.1 Å². The van der Waals surface area contributed by atoms with Gasteiger partial charge in [-0.1, -0.05) is 35.5 Å². The second-order valence-corrected chi connectivity index (χ2v) is 7.41. The fraction of sp³-hybridized carbons (Fsp3) is 0.320. The number of carbonyl (C=O) groups is 2. The summed E-state index contributed by atoms with van der Waals surface area (Å²) < 4.78 is 21.5. The number of carbonyl (C=O) groups excluding carboxylic acids is 2. The molecule has 0 spiro atoms. The topological polar surface area (TPSA) is 103 Å². The van der Waals surface area contributed by atoms with Crippen LogP contribution in [0.4, 0.5) is 0 Å². The molecule has 180 valence electrons. The largest absolute Gasteiger partial charge is 0.493 e. The molecule has 1 aromatic heterocycles. The van der Waals surface area contributed by atoms with Crippen LogP contribution in [0, 0.1) is 0 Å². The van der Waals surface area contributed by atoms with E-state index in [0.29, 0.717) is 48.1 Å². The molecule has 0 aliphatic rings. The minimum atomic E-state index is -0.329. The summed E-state index contributed by atoms with van der Waals surface area (Å²) in [6, 6.07) is 14.6. The lowest BCUT2D eigenvalue weighted by Crippen LogP contribution is -2.32. The van der Waals surface area contributed by atoms with Crippen molar-refractivity contribution in [1.29, 1.82) is 0 Å². The molecule has 0 fully saturated rings. The minimum absolute atomic E-state index is 0.134. The number of nitrogens with zero attached hydrogens (tertiary/aromatic N) is 2. The van der Waals surface area contributed by atoms with Crippen LogP contribution in [-0.4, -0.2) is 56.3 Å². The van der Waals surface area contributed by atoms with Crippen molar-refractivity contribution in [2.24, 2.45) is 0 Å². The molecule has 0 aliphatic heterocycles. The van der Waals surface area contributed by atoms with Crippen molar-refractivity contribution in [2.75, 3.05) is 34.4 Å². The van der Waals surface area contributed by atoms with Gasteiger partial charge in [0.2, 0.25) is 5.75 Å². The van der Waals surface area contributed by atoms with E-state index in [1.165, 1.54) is 21.3 Å². The first-order valence-electron chi connectivity index (χ1n) is 10.9. The molecule has 2 aromatic carbocycles. The van der Waals surface area contributed by atoms with Crippen LogP contribution in [-0.2, 0) is 13.0 Å². The predicted octanol–water partition coefficient (Wildman–Crippen LogP) is 3.34. The summed E-state index contributed by atoms with van der Waals surface area (Å²) in [5.41, 5.74) is 1.62. The zero-order chi connectivity index (χ0) is 24.5. The normalized spacial score (nSPS) is 10.5. The van der Waals surface area contributed by atoms with Crippen molar-refractivity contribution in [1.82, 2.24) is 15.4 Å². The van der Waals surface area contributed by atoms with E-state index in [-0.39, 0.29) is 24.1 Å². The summed E-state index contributed by atoms with van der Waals surface area (Å²) in [5, 5.41) is 6.51. The molecule has 0 atom stereocenters. The number of aromatic nitrogens is 1. The lowest BCUT2D eigenvalue weighted by molar-refractivity contribution is 0.0728. The van der Waals surface area contributed by atoms with E-state index in [4.69, 9.17) is 18.7 Å². The van der Waals surface area contributed by atoms with Crippen molar-refractivity contribution in [2.45, 2.75) is 19.9 Å². The zero-order valence-electron chi connectivity index (χ0n) is 19.8. The van der Waals surface area contributed by atoms with Crippen molar-refractivity contribution < 1.29 is 28.3 Å². The molecule has 3 aromatic rings. The van der Waals surface area contributed by atoms with Crippen LogP contribution >= 0.6 is 0 Å². The number of amides is 2. The number of hydrogen-bond donors (Lipinski definition) is 1. The molecular formula is C25H29N3O6. The monoisotopic (exact) mass is 467 g/mol. The Bertz CT molecular complexity index is 1090. The van der Waals surface area contributed by atoms with Gasteiger partial charge in [0.05, 0.1) is 27.9 Å². The van der Waals surface area contributed by atoms with Crippen LogP contribution in [0.2, 0.25) is 0 Å². The molecule has 0 unspecified atom stereocenters. The van der Waals surface area contributed by atoms with Gasteiger partial charge < -0.3 is 29.0 Å². The SMILES string of the molecule is CCNC(=O)c1cc(CN(CCc2ccccc2)C(=O)c2cc(OC)c(OC)c(OC)c2)on1. The Balaban J connectivity index is 1.90. The highest BCUT2D eigenvalue weighted by Gasteiger charge is 2.23. The molecule has 9 nitrogen and oxygen atoms in total. The maximum atomic E-state index is 13.6. The first-order valence-corrected chi connectivity index (χ1v) is 10.9. The van der Waals surface area contributed by atoms with Gasteiger partial charge >= 0.3 is 0 Å². The lowest BCUT2D eigenvalue weighted by Gasteiger charge is -2.23. The Kier molecular flexibility index (Phi) is 8.50. The Morgan fingerprint density at radius 3 is 2.26 bits per heavy atom. The van der Waals surface area contributed by atoms with E-state index in [2.05, 4.69) is 10.5 Å². The maximum absolute atomic E-state index is 13.6. The molecular weight excluding hydrogens is 438 g/mol. The fourth-order valence-electron chi connectivity index (χ4n) is 3.48. The standard InChI is InChI=1S/C25H29N3O6/c1-5-26-24(29)20-15-19(34-27-20)16-28(12-11-17-9-7-6-8-10-17)25(30)18-13-21(31-2)23(33-4)22(14-18)32-3/h6-10,13-15H,5,11-12,16H2,1-4H3,(H,26,29). The van der Waals surface area contributed by atoms with Gasteiger partial charge in [0.25, 0.3) is 11.8 Å². The second kappa shape index (κ2) is 11.7. The van der Waals surface area contributed by atoms with Gasteiger partial charge in [0.15, 0.2) is 23.0 Å². The van der Waals surface area contributed by atoms with Crippen LogP contribution in [0.25, 0.3) is 0 Å². The highest BCUT2D eigenvalue weighted by Crippen LogP contribution is 2.38. The highest BCUT2D eigenvalue weighted by atomic mass is 16.5. The zero-order valence-corrected chi connectivity index (χ0v) is 19.8. The summed E-state index contributed by atoms with van der Waals surface area (Å²) in [5.74, 6) is 0.975. The molecule has 0 saturated carbocycles. The Hall–Kier alpha value is -4.01. The van der Waals surface area contributed by atoms with E-state index in [1.54, 1.807) is 23.1 Å². The molecule has 9 heteroatoms. The smallest absolute Gasteiger partial charge is 0.273 e. The molecule has 2 amide bonds. The Labute approximate surface area is 198 Å². The molecule has 0 aliphatic carbocycles. The van der Waals surface area contributed by atoms with Crippen LogP contribution in [0.15, 0.2) is 53.1 Å². The van der Waals surface area contributed by atoms with E-state index in [1.807, 2.05) is 37.3 Å². The number of nitrogens with one attached hydrogen (secondary N) is 1. The summed E-state index contributed by atoms with van der Waals surface area (Å²) in [6.45, 7) is 2.84. The number of benzene rings is 2. The van der Waals surface area contributed by atoms with Gasteiger partial charge in [-0.3, -0.25) is 9.59 Å². The molecule has 0 radical (unpaired) electrons. The first-order chi connectivity index (χ1) is 16.5. The summed E-state index contributed by atoms with van der Waals surface area (Å²) >= 11 is 0. The van der Waals surface area contributed by atoms with E-state index in [9.17, 15) is 9.59 Å². The Morgan fingerprint density at radius 2 is 1.68 bits per heavy atom. The van der Waals surface area contributed by atoms with Crippen LogP contribution in [0.3, 0.4) is 0 Å². The molecule has 34 heavy (non-hydrogen) atoms. The van der Waals surface area contributed by atoms with Gasteiger partial charge in [-0.05, 0) is 31.0 Å². The van der Waals surface area contributed by atoms with Crippen LogP contribution < -0.4 is 19.5 Å². The lowest BCUT2D eigenvalue weighted by atomic mass is 10.1. The average Bonchev–Trinajstić information content (AvgIpc) is 3.34. The van der Waals surface area contributed by atoms with Crippen molar-refractivity contribution in [3.8, 4) is 17.2 Å². The fourth-order valence-corrected chi connectivity index (χ4v) is 3.48. The third-order valence-electron chi connectivity index (χ3n) is 5.19. The van der Waals surface area contributed by atoms with Crippen LogP contribution in [0.5, 0.6) is 17.2 Å². The van der Waals surface area contributed by atoms with Gasteiger partial charge in [0, 0.05) is 24.7 Å². The van der Waals surface area contributed by atoms with E-state index in [0.717, 1.165) is 5.56 Å². The average molecular weight is 468 g/mol. The van der Waals surface area contributed by atoms with E-state index >= 15 is 0 Å². The summed E-state index contributed by atoms with van der Waals surface area (Å²) in [6.07, 6.45) is 0.633. The molecule has 1 heterocycles. The quantitative estimate of drug-likeness (QED) is 0.461. The number of ether oxygens (including phenoxy) is 3. The Morgan fingerprint density at radius 1 is 1.00 bits per heavy atom. The molecule has 1 N–H and O–H groups in total. The van der Waals surface area contributed by atoms with E-state index < -0.39 is 0 Å². The third kappa shape index (κ3) is 5.86.